The van der Waals surface area contributed by atoms with Crippen LogP contribution in [0.3, 0.4) is 0 Å². The van der Waals surface area contributed by atoms with Crippen molar-refractivity contribution in [2.75, 3.05) is 39.9 Å². The molecule has 1 atom stereocenters. The van der Waals surface area contributed by atoms with Crippen molar-refractivity contribution in [3.05, 3.63) is 29.8 Å². The molecule has 154 valence electrons. The average molecular weight is 489 g/mol. The lowest BCUT2D eigenvalue weighted by atomic mass is 9.96. The van der Waals surface area contributed by atoms with Crippen LogP contribution in [0.4, 0.5) is 0 Å². The topological polar surface area (TPSA) is 46.1 Å². The lowest BCUT2D eigenvalue weighted by Crippen LogP contribution is -2.40. The maximum Gasteiger partial charge on any atom is 0.193 e. The van der Waals surface area contributed by atoms with E-state index in [0.29, 0.717) is 6.54 Å². The zero-order chi connectivity index (χ0) is 18.8. The van der Waals surface area contributed by atoms with Crippen LogP contribution in [0.1, 0.15) is 38.7 Å². The molecular formula is C21H36IN3O2. The van der Waals surface area contributed by atoms with Gasteiger partial charge in [-0.1, -0.05) is 17.7 Å². The molecule has 6 heteroatoms. The molecule has 1 aliphatic heterocycles. The summed E-state index contributed by atoms with van der Waals surface area (Å²) in [5.41, 5.74) is 1.24. The van der Waals surface area contributed by atoms with Crippen LogP contribution in [0.2, 0.25) is 0 Å². The number of hydrogen-bond donors (Lipinski definition) is 1. The number of guanidine groups is 1. The van der Waals surface area contributed by atoms with E-state index in [1.165, 1.54) is 24.8 Å². The van der Waals surface area contributed by atoms with Crippen LogP contribution >= 0.6 is 24.0 Å². The van der Waals surface area contributed by atoms with Gasteiger partial charge in [0, 0.05) is 33.4 Å². The molecular weight excluding hydrogens is 453 g/mol. The molecule has 1 aromatic carbocycles. The molecule has 0 aromatic heterocycles. The minimum absolute atomic E-state index is 0. The summed E-state index contributed by atoms with van der Waals surface area (Å²) < 4.78 is 11.4. The van der Waals surface area contributed by atoms with Gasteiger partial charge < -0.3 is 19.7 Å². The van der Waals surface area contributed by atoms with Gasteiger partial charge in [0.2, 0.25) is 0 Å². The van der Waals surface area contributed by atoms with E-state index < -0.39 is 0 Å². The Labute approximate surface area is 181 Å². The number of aliphatic imine (C=N–C) groups is 1. The molecule has 27 heavy (non-hydrogen) atoms. The molecule has 0 saturated carbocycles. The molecule has 1 aromatic rings. The lowest BCUT2D eigenvalue weighted by Gasteiger charge is -2.27. The highest BCUT2D eigenvalue weighted by atomic mass is 127. The Morgan fingerprint density at radius 3 is 2.59 bits per heavy atom. The first-order chi connectivity index (χ1) is 12.6. The number of aryl methyl sites for hydroxylation is 1. The van der Waals surface area contributed by atoms with Crippen LogP contribution < -0.4 is 10.1 Å². The molecule has 1 heterocycles. The predicted molar refractivity (Wildman–Crippen MR) is 123 cm³/mol. The third-order valence-electron chi connectivity index (χ3n) is 4.77. The highest BCUT2D eigenvalue weighted by Crippen LogP contribution is 2.18. The standard InChI is InChI=1S/C21H35N3O2.HI/c1-5-22-21(24(4)13-10-19-11-14-25-15-12-19)23-16-18(3)26-20-8-6-17(2)7-9-20;/h6-9,18-19H,5,10-16H2,1-4H3,(H,22,23);1H. The van der Waals surface area contributed by atoms with Gasteiger partial charge in [0.15, 0.2) is 5.96 Å². The van der Waals surface area contributed by atoms with E-state index in [1.807, 2.05) is 12.1 Å². The second kappa shape index (κ2) is 13.2. The Hall–Kier alpha value is -1.02. The number of hydrogen-bond acceptors (Lipinski definition) is 3. The molecule has 1 unspecified atom stereocenters. The quantitative estimate of drug-likeness (QED) is 0.340. The Kier molecular flexibility index (Phi) is 11.7. The van der Waals surface area contributed by atoms with Crippen LogP contribution in [0.15, 0.2) is 29.3 Å². The lowest BCUT2D eigenvalue weighted by molar-refractivity contribution is 0.0625. The van der Waals surface area contributed by atoms with E-state index in [0.717, 1.165) is 43.9 Å². The number of nitrogens with zero attached hydrogens (tertiary/aromatic N) is 2. The summed E-state index contributed by atoms with van der Waals surface area (Å²) in [4.78, 5) is 7.01. The van der Waals surface area contributed by atoms with Crippen molar-refractivity contribution in [2.45, 2.75) is 46.1 Å². The first-order valence-electron chi connectivity index (χ1n) is 9.89. The minimum Gasteiger partial charge on any atom is -0.489 e. The second-order valence-corrected chi connectivity index (χ2v) is 7.20. The third-order valence-corrected chi connectivity index (χ3v) is 4.77. The smallest absolute Gasteiger partial charge is 0.193 e. The molecule has 5 nitrogen and oxygen atoms in total. The number of halogens is 1. The van der Waals surface area contributed by atoms with Crippen molar-refractivity contribution in [1.82, 2.24) is 10.2 Å². The molecule has 2 rings (SSSR count). The predicted octanol–water partition coefficient (Wildman–Crippen LogP) is 4.09. The number of rotatable bonds is 8. The van der Waals surface area contributed by atoms with Gasteiger partial charge in [-0.3, -0.25) is 0 Å². The Morgan fingerprint density at radius 2 is 1.96 bits per heavy atom. The van der Waals surface area contributed by atoms with E-state index in [-0.39, 0.29) is 30.1 Å². The highest BCUT2D eigenvalue weighted by molar-refractivity contribution is 14.0. The highest BCUT2D eigenvalue weighted by Gasteiger charge is 2.15. The van der Waals surface area contributed by atoms with Gasteiger partial charge in [-0.05, 0) is 58.1 Å². The van der Waals surface area contributed by atoms with Crippen molar-refractivity contribution in [2.24, 2.45) is 10.9 Å². The average Bonchev–Trinajstić information content (AvgIpc) is 2.66. The molecule has 1 aliphatic rings. The van der Waals surface area contributed by atoms with E-state index in [4.69, 9.17) is 14.5 Å². The summed E-state index contributed by atoms with van der Waals surface area (Å²) in [6.45, 7) is 10.6. The van der Waals surface area contributed by atoms with Crippen LogP contribution in [0.25, 0.3) is 0 Å². The SMILES string of the molecule is CCNC(=NCC(C)Oc1ccc(C)cc1)N(C)CCC1CCOCC1.I. The van der Waals surface area contributed by atoms with Crippen LogP contribution in [-0.2, 0) is 4.74 Å². The Bertz CT molecular complexity index is 545. The van der Waals surface area contributed by atoms with Crippen LogP contribution in [-0.4, -0.2) is 56.9 Å². The first-order valence-corrected chi connectivity index (χ1v) is 9.89. The van der Waals surface area contributed by atoms with Gasteiger partial charge >= 0.3 is 0 Å². The van der Waals surface area contributed by atoms with Gasteiger partial charge in [0.25, 0.3) is 0 Å². The molecule has 1 fully saturated rings. The number of ether oxygens (including phenoxy) is 2. The maximum atomic E-state index is 5.97. The van der Waals surface area contributed by atoms with Crippen molar-refractivity contribution in [3.63, 3.8) is 0 Å². The largest absolute Gasteiger partial charge is 0.489 e. The zero-order valence-electron chi connectivity index (χ0n) is 17.2. The molecule has 0 spiro atoms. The maximum absolute atomic E-state index is 5.97. The van der Waals surface area contributed by atoms with Crippen molar-refractivity contribution in [3.8, 4) is 5.75 Å². The zero-order valence-corrected chi connectivity index (χ0v) is 19.6. The summed E-state index contributed by atoms with van der Waals surface area (Å²) in [6, 6.07) is 8.17. The summed E-state index contributed by atoms with van der Waals surface area (Å²) in [7, 11) is 2.12. The molecule has 0 bridgehead atoms. The monoisotopic (exact) mass is 489 g/mol. The van der Waals surface area contributed by atoms with E-state index in [2.05, 4.69) is 50.2 Å². The van der Waals surface area contributed by atoms with Crippen molar-refractivity contribution >= 4 is 29.9 Å². The Balaban J connectivity index is 0.00000364. The van der Waals surface area contributed by atoms with E-state index in [1.54, 1.807) is 0 Å². The fourth-order valence-electron chi connectivity index (χ4n) is 3.09. The Morgan fingerprint density at radius 1 is 1.30 bits per heavy atom. The number of benzene rings is 1. The third kappa shape index (κ3) is 9.14. The molecule has 0 radical (unpaired) electrons. The summed E-state index contributed by atoms with van der Waals surface area (Å²) in [5, 5.41) is 3.39. The molecule has 1 N–H and O–H groups in total. The van der Waals surface area contributed by atoms with Gasteiger partial charge in [0.1, 0.15) is 11.9 Å². The minimum atomic E-state index is 0. The normalized spacial score (nSPS) is 16.4. The summed E-state index contributed by atoms with van der Waals surface area (Å²) in [6.07, 6.45) is 3.60. The second-order valence-electron chi connectivity index (χ2n) is 7.20. The van der Waals surface area contributed by atoms with E-state index >= 15 is 0 Å². The fourth-order valence-corrected chi connectivity index (χ4v) is 3.09. The van der Waals surface area contributed by atoms with Gasteiger partial charge in [-0.25, -0.2) is 4.99 Å². The van der Waals surface area contributed by atoms with Crippen molar-refractivity contribution < 1.29 is 9.47 Å². The van der Waals surface area contributed by atoms with Gasteiger partial charge in [0.05, 0.1) is 6.54 Å². The van der Waals surface area contributed by atoms with Crippen LogP contribution in [0.5, 0.6) is 5.75 Å². The van der Waals surface area contributed by atoms with Gasteiger partial charge in [-0.2, -0.15) is 0 Å². The van der Waals surface area contributed by atoms with E-state index in [9.17, 15) is 0 Å². The molecule has 0 amide bonds. The first kappa shape index (κ1) is 24.0. The molecule has 1 saturated heterocycles. The molecule has 0 aliphatic carbocycles. The fraction of sp³-hybridized carbons (Fsp3) is 0.667. The summed E-state index contributed by atoms with van der Waals surface area (Å²) in [5.74, 6) is 2.63. The number of nitrogens with one attached hydrogen (secondary N) is 1. The van der Waals surface area contributed by atoms with Gasteiger partial charge in [-0.15, -0.1) is 24.0 Å². The summed E-state index contributed by atoms with van der Waals surface area (Å²) >= 11 is 0. The van der Waals surface area contributed by atoms with Crippen molar-refractivity contribution in [1.29, 1.82) is 0 Å². The van der Waals surface area contributed by atoms with Crippen LogP contribution in [0, 0.1) is 12.8 Å².